The molecule has 0 aromatic rings. The maximum atomic E-state index is 11.3. The number of carbonyl (C=O) groups excluding carboxylic acids is 1. The Bertz CT molecular complexity index is 165. The van der Waals surface area contributed by atoms with Crippen molar-refractivity contribution in [3.05, 3.63) is 0 Å². The van der Waals surface area contributed by atoms with Gasteiger partial charge in [0.15, 0.2) is 0 Å². The third kappa shape index (κ3) is 3.35. The van der Waals surface area contributed by atoms with E-state index in [1.165, 1.54) is 6.54 Å². The molecule has 0 radical (unpaired) electrons. The zero-order valence-electron chi connectivity index (χ0n) is 8.34. The van der Waals surface area contributed by atoms with Gasteiger partial charge in [0.25, 0.3) is 0 Å². The van der Waals surface area contributed by atoms with Gasteiger partial charge < -0.3 is 0 Å². The summed E-state index contributed by atoms with van der Waals surface area (Å²) in [6.07, 6.45) is 1.50. The van der Waals surface area contributed by atoms with Crippen LogP contribution in [-0.4, -0.2) is 29.8 Å². The molecule has 70 valence electrons. The maximum absolute atomic E-state index is 11.3. The summed E-state index contributed by atoms with van der Waals surface area (Å²) < 4.78 is 0. The van der Waals surface area contributed by atoms with Crippen molar-refractivity contribution in [2.75, 3.05) is 13.1 Å². The molecule has 1 aliphatic heterocycles. The number of nitrogens with zero attached hydrogens (tertiary/aromatic N) is 1. The number of Topliss-reactive ketones (excluding diaryl/α,β-unsaturated/α-hetero) is 1. The monoisotopic (exact) mass is 169 g/mol. The van der Waals surface area contributed by atoms with E-state index in [2.05, 4.69) is 25.7 Å². The minimum atomic E-state index is 0.420. The fourth-order valence-electron chi connectivity index (χ4n) is 1.43. The number of ketones is 1. The summed E-state index contributed by atoms with van der Waals surface area (Å²) in [5.41, 5.74) is 0. The Morgan fingerprint density at radius 2 is 2.17 bits per heavy atom. The SMILES string of the molecule is CC(C)CC(=O)CCN1CC1C. The largest absolute Gasteiger partial charge is 0.300 e. The standard InChI is InChI=1S/C10H19NO/c1-8(2)6-10(12)4-5-11-7-9(11)3/h8-9H,4-7H2,1-3H3. The Hall–Kier alpha value is -0.370. The van der Waals surface area contributed by atoms with Gasteiger partial charge in [-0.25, -0.2) is 0 Å². The molecule has 0 aliphatic carbocycles. The van der Waals surface area contributed by atoms with Crippen LogP contribution in [0, 0.1) is 5.92 Å². The van der Waals surface area contributed by atoms with Crippen LogP contribution in [0.5, 0.6) is 0 Å². The van der Waals surface area contributed by atoms with Gasteiger partial charge >= 0.3 is 0 Å². The van der Waals surface area contributed by atoms with Crippen molar-refractivity contribution in [3.8, 4) is 0 Å². The van der Waals surface area contributed by atoms with Gasteiger partial charge in [-0.1, -0.05) is 13.8 Å². The first-order valence-electron chi connectivity index (χ1n) is 4.85. The van der Waals surface area contributed by atoms with Crippen LogP contribution in [0.1, 0.15) is 33.6 Å². The quantitative estimate of drug-likeness (QED) is 0.584. The van der Waals surface area contributed by atoms with Crippen LogP contribution < -0.4 is 0 Å². The predicted molar refractivity (Wildman–Crippen MR) is 50.1 cm³/mol. The van der Waals surface area contributed by atoms with Gasteiger partial charge in [0.2, 0.25) is 0 Å². The molecule has 0 bridgehead atoms. The number of hydrogen-bond acceptors (Lipinski definition) is 2. The van der Waals surface area contributed by atoms with Crippen molar-refractivity contribution in [2.24, 2.45) is 5.92 Å². The Morgan fingerprint density at radius 3 is 2.58 bits per heavy atom. The van der Waals surface area contributed by atoms with Gasteiger partial charge in [-0.15, -0.1) is 0 Å². The van der Waals surface area contributed by atoms with Crippen LogP contribution >= 0.6 is 0 Å². The van der Waals surface area contributed by atoms with Crippen LogP contribution in [0.3, 0.4) is 0 Å². The average molecular weight is 169 g/mol. The summed E-state index contributed by atoms with van der Waals surface area (Å²) in [6, 6.07) is 0.733. The first-order valence-corrected chi connectivity index (χ1v) is 4.85. The van der Waals surface area contributed by atoms with Crippen LogP contribution in [0.2, 0.25) is 0 Å². The minimum Gasteiger partial charge on any atom is -0.300 e. The Kier molecular flexibility index (Phi) is 3.27. The molecule has 0 amide bonds. The van der Waals surface area contributed by atoms with E-state index >= 15 is 0 Å². The molecule has 2 nitrogen and oxygen atoms in total. The van der Waals surface area contributed by atoms with E-state index < -0.39 is 0 Å². The van der Waals surface area contributed by atoms with Crippen molar-refractivity contribution in [1.82, 2.24) is 4.90 Å². The predicted octanol–water partition coefficient (Wildman–Crippen LogP) is 1.70. The second-order valence-electron chi connectivity index (χ2n) is 4.23. The lowest BCUT2D eigenvalue weighted by Gasteiger charge is -2.04. The second kappa shape index (κ2) is 4.04. The molecular formula is C10H19NO. The fourth-order valence-corrected chi connectivity index (χ4v) is 1.43. The molecule has 2 unspecified atom stereocenters. The molecule has 12 heavy (non-hydrogen) atoms. The molecule has 1 aliphatic rings. The zero-order chi connectivity index (χ0) is 9.14. The lowest BCUT2D eigenvalue weighted by Crippen LogP contribution is -2.10. The Labute approximate surface area is 74.9 Å². The molecule has 0 aromatic heterocycles. The molecule has 0 saturated carbocycles. The van der Waals surface area contributed by atoms with Gasteiger partial charge in [-0.05, 0) is 12.8 Å². The van der Waals surface area contributed by atoms with E-state index in [1.807, 2.05) is 0 Å². The van der Waals surface area contributed by atoms with Gasteiger partial charge in [-0.2, -0.15) is 0 Å². The summed E-state index contributed by atoms with van der Waals surface area (Å²) in [6.45, 7) is 8.56. The highest BCUT2D eigenvalue weighted by molar-refractivity contribution is 5.78. The van der Waals surface area contributed by atoms with Crippen LogP contribution in [0.25, 0.3) is 0 Å². The van der Waals surface area contributed by atoms with E-state index in [9.17, 15) is 4.79 Å². The third-order valence-corrected chi connectivity index (χ3v) is 2.30. The molecular weight excluding hydrogens is 150 g/mol. The number of hydrogen-bond donors (Lipinski definition) is 0. The summed E-state index contributed by atoms with van der Waals surface area (Å²) in [5.74, 6) is 0.938. The first kappa shape index (κ1) is 9.72. The molecule has 2 atom stereocenters. The third-order valence-electron chi connectivity index (χ3n) is 2.30. The topological polar surface area (TPSA) is 20.1 Å². The van der Waals surface area contributed by atoms with Gasteiger partial charge in [-0.3, -0.25) is 9.69 Å². The number of carbonyl (C=O) groups is 1. The first-order chi connectivity index (χ1) is 5.59. The van der Waals surface area contributed by atoms with Crippen molar-refractivity contribution < 1.29 is 4.79 Å². The Morgan fingerprint density at radius 1 is 1.58 bits per heavy atom. The molecule has 1 saturated heterocycles. The van der Waals surface area contributed by atoms with Crippen LogP contribution in [-0.2, 0) is 4.79 Å². The van der Waals surface area contributed by atoms with E-state index in [4.69, 9.17) is 0 Å². The van der Waals surface area contributed by atoms with Crippen molar-refractivity contribution in [2.45, 2.75) is 39.7 Å². The molecule has 1 rings (SSSR count). The Balaban J connectivity index is 2.03. The molecule has 1 heterocycles. The van der Waals surface area contributed by atoms with E-state index in [-0.39, 0.29) is 0 Å². The van der Waals surface area contributed by atoms with Gasteiger partial charge in [0.1, 0.15) is 5.78 Å². The normalized spacial score (nSPS) is 27.7. The molecule has 0 aromatic carbocycles. The highest BCUT2D eigenvalue weighted by Gasteiger charge is 2.28. The van der Waals surface area contributed by atoms with Crippen molar-refractivity contribution in [1.29, 1.82) is 0 Å². The summed E-state index contributed by atoms with van der Waals surface area (Å²) >= 11 is 0. The summed E-state index contributed by atoms with van der Waals surface area (Å²) in [5, 5.41) is 0. The molecule has 0 N–H and O–H groups in total. The van der Waals surface area contributed by atoms with Crippen LogP contribution in [0.15, 0.2) is 0 Å². The lowest BCUT2D eigenvalue weighted by molar-refractivity contribution is -0.119. The highest BCUT2D eigenvalue weighted by atomic mass is 16.1. The second-order valence-corrected chi connectivity index (χ2v) is 4.23. The molecule has 2 heteroatoms. The van der Waals surface area contributed by atoms with E-state index in [0.717, 1.165) is 25.4 Å². The maximum Gasteiger partial charge on any atom is 0.134 e. The molecule has 1 fully saturated rings. The van der Waals surface area contributed by atoms with Crippen molar-refractivity contribution in [3.63, 3.8) is 0 Å². The lowest BCUT2D eigenvalue weighted by atomic mass is 10.1. The van der Waals surface area contributed by atoms with Crippen LogP contribution in [0.4, 0.5) is 0 Å². The van der Waals surface area contributed by atoms with E-state index in [0.29, 0.717) is 11.7 Å². The highest BCUT2D eigenvalue weighted by Crippen LogP contribution is 2.16. The number of rotatable bonds is 5. The zero-order valence-corrected chi connectivity index (χ0v) is 8.34. The minimum absolute atomic E-state index is 0.420. The van der Waals surface area contributed by atoms with Gasteiger partial charge in [0.05, 0.1) is 0 Å². The van der Waals surface area contributed by atoms with E-state index in [1.54, 1.807) is 0 Å². The van der Waals surface area contributed by atoms with Gasteiger partial charge in [0, 0.05) is 32.0 Å². The van der Waals surface area contributed by atoms with Crippen molar-refractivity contribution >= 4 is 5.78 Å². The fraction of sp³-hybridized carbons (Fsp3) is 0.900. The smallest absolute Gasteiger partial charge is 0.134 e. The molecule has 0 spiro atoms. The average Bonchev–Trinajstić information content (AvgIpc) is 2.61. The summed E-state index contributed by atoms with van der Waals surface area (Å²) in [4.78, 5) is 13.6. The summed E-state index contributed by atoms with van der Waals surface area (Å²) in [7, 11) is 0.